The van der Waals surface area contributed by atoms with Gasteiger partial charge in [0.2, 0.25) is 5.91 Å². The third kappa shape index (κ3) is 2.49. The van der Waals surface area contributed by atoms with Crippen molar-refractivity contribution in [2.75, 3.05) is 0 Å². The first-order valence-corrected chi connectivity index (χ1v) is 9.28. The number of aryl methyl sites for hydroxylation is 2. The van der Waals surface area contributed by atoms with E-state index in [0.29, 0.717) is 12.5 Å². The van der Waals surface area contributed by atoms with Gasteiger partial charge in [0.15, 0.2) is 0 Å². The maximum absolute atomic E-state index is 12.7. The van der Waals surface area contributed by atoms with E-state index in [0.717, 1.165) is 43.9 Å². The SMILES string of the molecule is Cn1ccnc1[C@H]1[C@H](NC2CCn3ccnc32)CCC(=O)N1C1CC1. The molecule has 3 atom stereocenters. The summed E-state index contributed by atoms with van der Waals surface area (Å²) in [6.45, 7) is 1.01. The highest BCUT2D eigenvalue weighted by Gasteiger charge is 2.46. The van der Waals surface area contributed by atoms with E-state index in [1.165, 1.54) is 0 Å². The summed E-state index contributed by atoms with van der Waals surface area (Å²) in [7, 11) is 2.02. The van der Waals surface area contributed by atoms with Gasteiger partial charge in [-0.15, -0.1) is 0 Å². The van der Waals surface area contributed by atoms with E-state index in [4.69, 9.17) is 0 Å². The molecule has 0 radical (unpaired) electrons. The summed E-state index contributed by atoms with van der Waals surface area (Å²) in [5.74, 6) is 2.38. The van der Waals surface area contributed by atoms with Crippen LogP contribution in [-0.2, 0) is 18.4 Å². The molecule has 2 aromatic rings. The Kier molecular flexibility index (Phi) is 3.45. The Morgan fingerprint density at radius 3 is 2.64 bits per heavy atom. The van der Waals surface area contributed by atoms with Gasteiger partial charge in [-0.25, -0.2) is 9.97 Å². The number of aromatic nitrogens is 4. The van der Waals surface area contributed by atoms with E-state index < -0.39 is 0 Å². The Balaban J connectivity index is 1.47. The number of piperidine rings is 1. The highest BCUT2D eigenvalue weighted by Crippen LogP contribution is 2.41. The minimum absolute atomic E-state index is 0.0118. The number of nitrogens with one attached hydrogen (secondary N) is 1. The Morgan fingerprint density at radius 1 is 1.08 bits per heavy atom. The summed E-state index contributed by atoms with van der Waals surface area (Å²) in [5, 5.41) is 3.83. The molecule has 5 rings (SSSR count). The van der Waals surface area contributed by atoms with Gasteiger partial charge in [0, 0.05) is 56.9 Å². The second-order valence-corrected chi connectivity index (χ2v) is 7.51. The zero-order valence-electron chi connectivity index (χ0n) is 14.5. The molecular formula is C18H24N6O. The fourth-order valence-electron chi connectivity index (χ4n) is 4.47. The van der Waals surface area contributed by atoms with Crippen LogP contribution in [0.25, 0.3) is 0 Å². The van der Waals surface area contributed by atoms with Gasteiger partial charge >= 0.3 is 0 Å². The molecule has 0 spiro atoms. The summed E-state index contributed by atoms with van der Waals surface area (Å²) in [5.41, 5.74) is 0. The number of carbonyl (C=O) groups is 1. The van der Waals surface area contributed by atoms with Crippen LogP contribution in [0, 0.1) is 0 Å². The minimum Gasteiger partial charge on any atom is -0.336 e. The molecule has 1 amide bonds. The lowest BCUT2D eigenvalue weighted by Crippen LogP contribution is -2.53. The number of imidazole rings is 2. The number of hydrogen-bond acceptors (Lipinski definition) is 4. The lowest BCUT2D eigenvalue weighted by Gasteiger charge is -2.42. The molecule has 0 bridgehead atoms. The summed E-state index contributed by atoms with van der Waals surface area (Å²) < 4.78 is 4.28. The summed E-state index contributed by atoms with van der Waals surface area (Å²) in [6.07, 6.45) is 12.5. The van der Waals surface area contributed by atoms with Gasteiger partial charge in [-0.2, -0.15) is 0 Å². The molecular weight excluding hydrogens is 316 g/mol. The van der Waals surface area contributed by atoms with Crippen LogP contribution in [0.5, 0.6) is 0 Å². The predicted octanol–water partition coefficient (Wildman–Crippen LogP) is 1.55. The van der Waals surface area contributed by atoms with Crippen LogP contribution in [0.1, 0.15) is 55.8 Å². The fourth-order valence-corrected chi connectivity index (χ4v) is 4.47. The fraction of sp³-hybridized carbons (Fsp3) is 0.611. The minimum atomic E-state index is 0.0118. The number of likely N-dealkylation sites (tertiary alicyclic amines) is 1. The molecule has 4 heterocycles. The molecule has 2 aromatic heterocycles. The lowest BCUT2D eigenvalue weighted by molar-refractivity contribution is -0.139. The molecule has 7 heteroatoms. The standard InChI is InChI=1S/C18H24N6O/c1-22-10-7-20-18(22)16-13(4-5-15(25)24(16)12-2-3-12)21-14-6-9-23-11-8-19-17(14)23/h7-8,10-14,16,21H,2-6,9H2,1H3/t13-,14?,16-/m1/s1. The van der Waals surface area contributed by atoms with Crippen molar-refractivity contribution >= 4 is 5.91 Å². The Hall–Kier alpha value is -2.15. The molecule has 1 saturated carbocycles. The van der Waals surface area contributed by atoms with Crippen molar-refractivity contribution in [2.45, 2.75) is 62.8 Å². The van der Waals surface area contributed by atoms with Crippen molar-refractivity contribution in [3.05, 3.63) is 36.4 Å². The van der Waals surface area contributed by atoms with Crippen LogP contribution in [0.3, 0.4) is 0 Å². The number of amides is 1. The molecule has 1 N–H and O–H groups in total. The van der Waals surface area contributed by atoms with Gasteiger partial charge in [-0.1, -0.05) is 0 Å². The average molecular weight is 340 g/mol. The smallest absolute Gasteiger partial charge is 0.223 e. The van der Waals surface area contributed by atoms with Crippen LogP contribution in [0.15, 0.2) is 24.8 Å². The van der Waals surface area contributed by atoms with E-state index >= 15 is 0 Å². The Labute approximate surface area is 147 Å². The Morgan fingerprint density at radius 2 is 1.88 bits per heavy atom. The first-order valence-electron chi connectivity index (χ1n) is 9.28. The predicted molar refractivity (Wildman–Crippen MR) is 91.6 cm³/mol. The van der Waals surface area contributed by atoms with Gasteiger partial charge in [0.25, 0.3) is 0 Å². The quantitative estimate of drug-likeness (QED) is 0.917. The van der Waals surface area contributed by atoms with Crippen molar-refractivity contribution in [1.29, 1.82) is 0 Å². The van der Waals surface area contributed by atoms with Gasteiger partial charge < -0.3 is 19.4 Å². The maximum atomic E-state index is 12.7. The molecule has 7 nitrogen and oxygen atoms in total. The summed E-state index contributed by atoms with van der Waals surface area (Å²) >= 11 is 0. The molecule has 1 saturated heterocycles. The third-order valence-electron chi connectivity index (χ3n) is 5.83. The second kappa shape index (κ2) is 5.69. The van der Waals surface area contributed by atoms with E-state index in [-0.39, 0.29) is 24.0 Å². The first-order chi connectivity index (χ1) is 12.2. The molecule has 1 unspecified atom stereocenters. The highest BCUT2D eigenvalue weighted by atomic mass is 16.2. The normalized spacial score (nSPS) is 29.2. The summed E-state index contributed by atoms with van der Waals surface area (Å²) in [4.78, 5) is 23.9. The van der Waals surface area contributed by atoms with Crippen molar-refractivity contribution < 1.29 is 4.79 Å². The second-order valence-electron chi connectivity index (χ2n) is 7.51. The van der Waals surface area contributed by atoms with Gasteiger partial charge in [0.1, 0.15) is 17.7 Å². The number of rotatable bonds is 4. The van der Waals surface area contributed by atoms with Crippen LogP contribution in [-0.4, -0.2) is 42.0 Å². The van der Waals surface area contributed by atoms with Crippen molar-refractivity contribution in [1.82, 2.24) is 29.3 Å². The van der Waals surface area contributed by atoms with Crippen LogP contribution in [0.2, 0.25) is 0 Å². The monoisotopic (exact) mass is 340 g/mol. The molecule has 3 aliphatic rings. The first kappa shape index (κ1) is 15.1. The van der Waals surface area contributed by atoms with Crippen molar-refractivity contribution in [3.8, 4) is 0 Å². The zero-order valence-corrected chi connectivity index (χ0v) is 14.5. The summed E-state index contributed by atoms with van der Waals surface area (Å²) in [6, 6.07) is 0.881. The van der Waals surface area contributed by atoms with Crippen LogP contribution >= 0.6 is 0 Å². The number of nitrogens with zero attached hydrogens (tertiary/aromatic N) is 5. The molecule has 132 valence electrons. The Bertz CT molecular complexity index is 791. The van der Waals surface area contributed by atoms with E-state index in [1.54, 1.807) is 0 Å². The topological polar surface area (TPSA) is 68.0 Å². The number of hydrogen-bond donors (Lipinski definition) is 1. The van der Waals surface area contributed by atoms with Gasteiger partial charge in [-0.3, -0.25) is 4.79 Å². The van der Waals surface area contributed by atoms with Crippen molar-refractivity contribution in [2.24, 2.45) is 7.05 Å². The molecule has 2 aliphatic heterocycles. The largest absolute Gasteiger partial charge is 0.336 e. The number of carbonyl (C=O) groups excluding carboxylic acids is 1. The average Bonchev–Trinajstić information content (AvgIpc) is 3.00. The van der Waals surface area contributed by atoms with Crippen molar-refractivity contribution in [3.63, 3.8) is 0 Å². The molecule has 0 aromatic carbocycles. The molecule has 1 aliphatic carbocycles. The lowest BCUT2D eigenvalue weighted by atomic mass is 9.93. The molecule has 25 heavy (non-hydrogen) atoms. The van der Waals surface area contributed by atoms with Crippen LogP contribution in [0.4, 0.5) is 0 Å². The maximum Gasteiger partial charge on any atom is 0.223 e. The van der Waals surface area contributed by atoms with E-state index in [1.807, 2.05) is 31.8 Å². The van der Waals surface area contributed by atoms with E-state index in [9.17, 15) is 4.79 Å². The van der Waals surface area contributed by atoms with Gasteiger partial charge in [-0.05, 0) is 25.7 Å². The van der Waals surface area contributed by atoms with Gasteiger partial charge in [0.05, 0.1) is 6.04 Å². The zero-order chi connectivity index (χ0) is 17.0. The van der Waals surface area contributed by atoms with E-state index in [2.05, 4.69) is 29.3 Å². The highest BCUT2D eigenvalue weighted by molar-refractivity contribution is 5.78. The van der Waals surface area contributed by atoms with Crippen LogP contribution < -0.4 is 5.32 Å². The third-order valence-corrected chi connectivity index (χ3v) is 5.83. The molecule has 2 fully saturated rings. The number of fused-ring (bicyclic) bond motifs is 1.